The Balaban J connectivity index is 1.24. The van der Waals surface area contributed by atoms with Crippen LogP contribution in [0.15, 0.2) is 24.3 Å². The summed E-state index contributed by atoms with van der Waals surface area (Å²) in [5.41, 5.74) is 1.22. The largest absolute Gasteiger partial charge is 0.492 e. The summed E-state index contributed by atoms with van der Waals surface area (Å²) in [6, 6.07) is 8.50. The minimum atomic E-state index is 0.0602. The molecule has 0 heterocycles. The van der Waals surface area contributed by atoms with Gasteiger partial charge in [-0.3, -0.25) is 0 Å². The average Bonchev–Trinajstić information content (AvgIpc) is 2.59. The van der Waals surface area contributed by atoms with Gasteiger partial charge in [0.1, 0.15) is 12.4 Å². The van der Waals surface area contributed by atoms with E-state index in [-0.39, 0.29) is 6.03 Å². The van der Waals surface area contributed by atoms with E-state index in [0.29, 0.717) is 19.2 Å². The van der Waals surface area contributed by atoms with Crippen molar-refractivity contribution >= 4 is 6.03 Å². The van der Waals surface area contributed by atoms with Gasteiger partial charge < -0.3 is 15.0 Å². The van der Waals surface area contributed by atoms with E-state index >= 15 is 0 Å². The number of carbonyl (C=O) groups excluding carboxylic acids is 1. The molecule has 5 rings (SSSR count). The van der Waals surface area contributed by atoms with E-state index < -0.39 is 0 Å². The van der Waals surface area contributed by atoms with Gasteiger partial charge in [0.15, 0.2) is 0 Å². The van der Waals surface area contributed by atoms with Crippen molar-refractivity contribution in [2.45, 2.75) is 45.1 Å². The van der Waals surface area contributed by atoms with Gasteiger partial charge in [-0.15, -0.1) is 0 Å². The van der Waals surface area contributed by atoms with Gasteiger partial charge in [0, 0.05) is 13.1 Å². The molecule has 4 heteroatoms. The van der Waals surface area contributed by atoms with Crippen molar-refractivity contribution in [1.29, 1.82) is 0 Å². The van der Waals surface area contributed by atoms with Crippen molar-refractivity contribution in [2.24, 2.45) is 23.7 Å². The number of likely N-dealkylation sites (N-methyl/N-ethyl adjacent to an activating group) is 1. The fourth-order valence-electron chi connectivity index (χ4n) is 5.45. The zero-order chi connectivity index (χ0) is 17.4. The van der Waals surface area contributed by atoms with E-state index in [2.05, 4.69) is 12.2 Å². The lowest BCUT2D eigenvalue weighted by molar-refractivity contribution is -0.0108. The molecule has 1 N–H and O–H groups in total. The van der Waals surface area contributed by atoms with Crippen LogP contribution in [0.3, 0.4) is 0 Å². The predicted molar refractivity (Wildman–Crippen MR) is 98.7 cm³/mol. The zero-order valence-electron chi connectivity index (χ0n) is 15.4. The summed E-state index contributed by atoms with van der Waals surface area (Å²) in [6.07, 6.45) is 6.77. The highest BCUT2D eigenvalue weighted by Crippen LogP contribution is 2.53. The fraction of sp³-hybridized carbons (Fsp3) is 0.667. The van der Waals surface area contributed by atoms with Crippen LogP contribution in [0.25, 0.3) is 0 Å². The van der Waals surface area contributed by atoms with Crippen molar-refractivity contribution in [1.82, 2.24) is 10.2 Å². The highest BCUT2D eigenvalue weighted by atomic mass is 16.5. The molecule has 0 aromatic heterocycles. The first-order chi connectivity index (χ1) is 12.1. The number of aryl methyl sites for hydroxylation is 1. The molecule has 4 fully saturated rings. The normalized spacial score (nSPS) is 32.5. The van der Waals surface area contributed by atoms with E-state index in [4.69, 9.17) is 4.74 Å². The minimum Gasteiger partial charge on any atom is -0.492 e. The smallest absolute Gasteiger partial charge is 0.317 e. The summed E-state index contributed by atoms with van der Waals surface area (Å²) in [7, 11) is 1.86. The van der Waals surface area contributed by atoms with Gasteiger partial charge in [0.2, 0.25) is 0 Å². The van der Waals surface area contributed by atoms with Crippen LogP contribution in [0, 0.1) is 30.6 Å². The van der Waals surface area contributed by atoms with E-state index in [1.165, 1.54) is 37.7 Å². The Morgan fingerprint density at radius 2 is 1.68 bits per heavy atom. The third-order valence-corrected chi connectivity index (χ3v) is 6.58. The number of benzene rings is 1. The maximum atomic E-state index is 12.6. The van der Waals surface area contributed by atoms with Crippen LogP contribution in [0.5, 0.6) is 5.75 Å². The lowest BCUT2D eigenvalue weighted by Crippen LogP contribution is -2.57. The van der Waals surface area contributed by atoms with Crippen molar-refractivity contribution in [3.8, 4) is 5.75 Å². The Morgan fingerprint density at radius 3 is 2.28 bits per heavy atom. The molecule has 0 unspecified atom stereocenters. The molecule has 0 spiro atoms. The van der Waals surface area contributed by atoms with Gasteiger partial charge in [0.25, 0.3) is 0 Å². The van der Waals surface area contributed by atoms with Crippen LogP contribution >= 0.6 is 0 Å². The van der Waals surface area contributed by atoms with Crippen molar-refractivity contribution in [2.75, 3.05) is 20.2 Å². The molecule has 2 amide bonds. The van der Waals surface area contributed by atoms with Crippen molar-refractivity contribution < 1.29 is 9.53 Å². The fourth-order valence-corrected chi connectivity index (χ4v) is 5.45. The SMILES string of the molecule is Cc1ccc(OCCN(C)C(=O)NC2C3CC4CC(C3)CC2C4)cc1. The third kappa shape index (κ3) is 3.63. The topological polar surface area (TPSA) is 41.6 Å². The van der Waals surface area contributed by atoms with Gasteiger partial charge >= 0.3 is 6.03 Å². The molecule has 0 radical (unpaired) electrons. The highest BCUT2D eigenvalue weighted by Gasteiger charge is 2.48. The molecule has 0 saturated heterocycles. The Kier molecular flexibility index (Phi) is 4.61. The van der Waals surface area contributed by atoms with Gasteiger partial charge in [-0.25, -0.2) is 4.79 Å². The molecule has 136 valence electrons. The number of ether oxygens (including phenoxy) is 1. The number of nitrogens with one attached hydrogen (secondary N) is 1. The quantitative estimate of drug-likeness (QED) is 0.883. The summed E-state index contributed by atoms with van der Waals surface area (Å²) in [6.45, 7) is 3.19. The highest BCUT2D eigenvalue weighted by molar-refractivity contribution is 5.74. The van der Waals surface area contributed by atoms with Crippen molar-refractivity contribution in [3.05, 3.63) is 29.8 Å². The third-order valence-electron chi connectivity index (χ3n) is 6.58. The first kappa shape index (κ1) is 16.7. The summed E-state index contributed by atoms with van der Waals surface area (Å²) >= 11 is 0. The summed E-state index contributed by atoms with van der Waals surface area (Å²) in [4.78, 5) is 14.3. The molecule has 0 atom stereocenters. The second kappa shape index (κ2) is 6.89. The first-order valence-electron chi connectivity index (χ1n) is 9.79. The first-order valence-corrected chi connectivity index (χ1v) is 9.79. The molecule has 0 aliphatic heterocycles. The molecule has 1 aromatic rings. The van der Waals surface area contributed by atoms with Crippen LogP contribution < -0.4 is 10.1 Å². The second-order valence-electron chi connectivity index (χ2n) is 8.49. The predicted octanol–water partition coefficient (Wildman–Crippen LogP) is 3.84. The maximum Gasteiger partial charge on any atom is 0.317 e. The van der Waals surface area contributed by atoms with Gasteiger partial charge in [0.05, 0.1) is 6.54 Å². The number of carbonyl (C=O) groups is 1. The van der Waals surface area contributed by atoms with Crippen LogP contribution in [0.2, 0.25) is 0 Å². The Hall–Kier alpha value is -1.71. The standard InChI is InChI=1S/C21H30N2O2/c1-14-3-5-19(6-4-14)25-8-7-23(2)21(24)22-20-17-10-15-9-16(12-17)13-18(20)11-15/h3-6,15-18,20H,7-13H2,1-2H3,(H,22,24). The number of urea groups is 1. The number of rotatable bonds is 5. The number of nitrogens with zero attached hydrogens (tertiary/aromatic N) is 1. The monoisotopic (exact) mass is 342 g/mol. The number of amides is 2. The Bertz CT molecular complexity index is 585. The molecule has 4 aliphatic rings. The summed E-state index contributed by atoms with van der Waals surface area (Å²) < 4.78 is 5.74. The number of hydrogen-bond acceptors (Lipinski definition) is 2. The molecule has 4 aliphatic carbocycles. The molecular weight excluding hydrogens is 312 g/mol. The van der Waals surface area contributed by atoms with E-state index in [1.54, 1.807) is 4.90 Å². The number of hydrogen-bond donors (Lipinski definition) is 1. The zero-order valence-corrected chi connectivity index (χ0v) is 15.4. The molecule has 25 heavy (non-hydrogen) atoms. The van der Waals surface area contributed by atoms with Crippen LogP contribution in [-0.4, -0.2) is 37.2 Å². The van der Waals surface area contributed by atoms with E-state index in [1.807, 2.05) is 31.3 Å². The summed E-state index contributed by atoms with van der Waals surface area (Å²) in [5, 5.41) is 3.35. The Labute approximate surface area is 150 Å². The van der Waals surface area contributed by atoms with Gasteiger partial charge in [-0.2, -0.15) is 0 Å². The second-order valence-corrected chi connectivity index (χ2v) is 8.49. The molecule has 4 bridgehead atoms. The van der Waals surface area contributed by atoms with E-state index in [0.717, 1.165) is 29.4 Å². The molecule has 4 saturated carbocycles. The minimum absolute atomic E-state index is 0.0602. The van der Waals surface area contributed by atoms with Gasteiger partial charge in [-0.1, -0.05) is 17.7 Å². The molecule has 4 nitrogen and oxygen atoms in total. The van der Waals surface area contributed by atoms with Gasteiger partial charge in [-0.05, 0) is 74.8 Å². The molecular formula is C21H30N2O2. The maximum absolute atomic E-state index is 12.6. The van der Waals surface area contributed by atoms with Crippen LogP contribution in [0.4, 0.5) is 4.79 Å². The lowest BCUT2D eigenvalue weighted by Gasteiger charge is -2.54. The van der Waals surface area contributed by atoms with Crippen molar-refractivity contribution in [3.63, 3.8) is 0 Å². The average molecular weight is 342 g/mol. The Morgan fingerprint density at radius 1 is 1.08 bits per heavy atom. The van der Waals surface area contributed by atoms with Crippen LogP contribution in [0.1, 0.15) is 37.7 Å². The summed E-state index contributed by atoms with van der Waals surface area (Å²) in [5.74, 6) is 4.18. The van der Waals surface area contributed by atoms with E-state index in [9.17, 15) is 4.79 Å². The van der Waals surface area contributed by atoms with Crippen LogP contribution in [-0.2, 0) is 0 Å². The lowest BCUT2D eigenvalue weighted by atomic mass is 9.54. The molecule has 1 aromatic carbocycles.